The Labute approximate surface area is 92.4 Å². The molecule has 0 saturated heterocycles. The summed E-state index contributed by atoms with van der Waals surface area (Å²) in [6, 6.07) is 0. The molecule has 0 aliphatic heterocycles. The van der Waals surface area contributed by atoms with E-state index in [9.17, 15) is 5.11 Å². The van der Waals surface area contributed by atoms with Crippen molar-refractivity contribution in [3.63, 3.8) is 0 Å². The Balaban J connectivity index is 2.15. The van der Waals surface area contributed by atoms with Crippen LogP contribution in [0, 0.1) is 0 Å². The van der Waals surface area contributed by atoms with Gasteiger partial charge in [0.1, 0.15) is 0 Å². The number of hydrogen-bond donors (Lipinski definition) is 2. The zero-order valence-electron chi connectivity index (χ0n) is 8.68. The molecule has 82 valence electrons. The molecule has 0 aliphatic rings. The average molecular weight is 225 g/mol. The topological polar surface area (TPSA) is 63.5 Å². The van der Waals surface area contributed by atoms with Crippen LogP contribution in [-0.4, -0.2) is 26.6 Å². The molecule has 5 heteroatoms. The Hall–Kier alpha value is -0.910. The smallest absolute Gasteiger partial charge is 0.193 e. The predicted molar refractivity (Wildman–Crippen MR) is 61.1 cm³/mol. The van der Waals surface area contributed by atoms with Crippen LogP contribution in [0.5, 0.6) is 0 Å². The van der Waals surface area contributed by atoms with E-state index < -0.39 is 5.60 Å². The van der Waals surface area contributed by atoms with E-state index in [0.717, 1.165) is 10.7 Å². The minimum Gasteiger partial charge on any atom is -0.390 e. The summed E-state index contributed by atoms with van der Waals surface area (Å²) in [6.45, 7) is 2.29. The van der Waals surface area contributed by atoms with Gasteiger partial charge in [-0.1, -0.05) is 0 Å². The molecule has 0 spiro atoms. The highest BCUT2D eigenvalue weighted by molar-refractivity contribution is 7.15. The first-order valence-corrected chi connectivity index (χ1v) is 5.82. The van der Waals surface area contributed by atoms with Gasteiger partial charge in [-0.25, -0.2) is 4.98 Å². The molecule has 2 aromatic heterocycles. The number of aromatic nitrogens is 2. The Morgan fingerprint density at radius 1 is 1.67 bits per heavy atom. The van der Waals surface area contributed by atoms with Crippen molar-refractivity contribution in [2.75, 3.05) is 6.54 Å². The molecule has 0 bridgehead atoms. The van der Waals surface area contributed by atoms with Crippen molar-refractivity contribution in [1.82, 2.24) is 9.38 Å². The molecule has 1 atom stereocenters. The third-order valence-corrected chi connectivity index (χ3v) is 3.16. The van der Waals surface area contributed by atoms with Crippen molar-refractivity contribution >= 4 is 16.3 Å². The molecule has 15 heavy (non-hydrogen) atoms. The van der Waals surface area contributed by atoms with Crippen LogP contribution < -0.4 is 5.73 Å². The van der Waals surface area contributed by atoms with Gasteiger partial charge in [0.25, 0.3) is 0 Å². The molecule has 0 aromatic carbocycles. The van der Waals surface area contributed by atoms with Gasteiger partial charge in [0, 0.05) is 24.2 Å². The van der Waals surface area contributed by atoms with Gasteiger partial charge in [0.05, 0.1) is 11.3 Å². The maximum absolute atomic E-state index is 10.0. The second kappa shape index (κ2) is 3.92. The van der Waals surface area contributed by atoms with Gasteiger partial charge in [-0.2, -0.15) is 0 Å². The summed E-state index contributed by atoms with van der Waals surface area (Å²) in [5, 5.41) is 12.0. The first kappa shape index (κ1) is 10.6. The van der Waals surface area contributed by atoms with Crippen LogP contribution in [0.1, 0.15) is 19.0 Å². The highest BCUT2D eigenvalue weighted by atomic mass is 32.1. The number of imidazole rings is 1. The summed E-state index contributed by atoms with van der Waals surface area (Å²) in [7, 11) is 0. The lowest BCUT2D eigenvalue weighted by atomic mass is 9.97. The van der Waals surface area contributed by atoms with Gasteiger partial charge >= 0.3 is 0 Å². The lowest BCUT2D eigenvalue weighted by Gasteiger charge is -2.20. The van der Waals surface area contributed by atoms with Crippen LogP contribution in [0.15, 0.2) is 17.8 Å². The summed E-state index contributed by atoms with van der Waals surface area (Å²) < 4.78 is 1.97. The van der Waals surface area contributed by atoms with Crippen LogP contribution in [0.4, 0.5) is 0 Å². The molecule has 1 unspecified atom stereocenters. The molecule has 2 aromatic rings. The van der Waals surface area contributed by atoms with Crippen LogP contribution in [0.2, 0.25) is 0 Å². The summed E-state index contributed by atoms with van der Waals surface area (Å²) in [5.74, 6) is 0. The summed E-state index contributed by atoms with van der Waals surface area (Å²) >= 11 is 1.59. The first-order valence-electron chi connectivity index (χ1n) is 4.94. The number of thiazole rings is 1. The van der Waals surface area contributed by atoms with Gasteiger partial charge < -0.3 is 10.8 Å². The van der Waals surface area contributed by atoms with E-state index in [4.69, 9.17) is 5.73 Å². The van der Waals surface area contributed by atoms with E-state index in [-0.39, 0.29) is 0 Å². The van der Waals surface area contributed by atoms with Gasteiger partial charge in [-0.05, 0) is 19.9 Å². The van der Waals surface area contributed by atoms with Crippen LogP contribution in [0.3, 0.4) is 0 Å². The van der Waals surface area contributed by atoms with Crippen molar-refractivity contribution in [3.8, 4) is 0 Å². The molecule has 4 nitrogen and oxygen atoms in total. The number of fused-ring (bicyclic) bond motifs is 1. The number of nitrogens with two attached hydrogens (primary N) is 1. The minimum absolute atomic E-state index is 0.495. The number of nitrogens with zero attached hydrogens (tertiary/aromatic N) is 2. The molecule has 0 amide bonds. The highest BCUT2D eigenvalue weighted by Gasteiger charge is 2.21. The van der Waals surface area contributed by atoms with Gasteiger partial charge in [-0.3, -0.25) is 4.40 Å². The minimum atomic E-state index is -0.751. The SMILES string of the molecule is CC(O)(CCN)Cc1cn2ccsc2n1. The van der Waals surface area contributed by atoms with E-state index in [2.05, 4.69) is 4.98 Å². The standard InChI is InChI=1S/C10H15N3OS/c1-10(14,2-3-11)6-8-7-13-4-5-15-9(13)12-8/h4-5,7,14H,2-3,6,11H2,1H3. The second-order valence-electron chi connectivity index (χ2n) is 4.04. The third kappa shape index (κ3) is 2.37. The van der Waals surface area contributed by atoms with Gasteiger partial charge in [0.2, 0.25) is 0 Å². The maximum Gasteiger partial charge on any atom is 0.193 e. The van der Waals surface area contributed by atoms with E-state index in [1.165, 1.54) is 0 Å². The van der Waals surface area contributed by atoms with E-state index in [1.807, 2.05) is 22.2 Å². The Morgan fingerprint density at radius 3 is 3.13 bits per heavy atom. The Kier molecular flexibility index (Phi) is 2.77. The first-order chi connectivity index (χ1) is 7.11. The van der Waals surface area contributed by atoms with E-state index >= 15 is 0 Å². The highest BCUT2D eigenvalue weighted by Crippen LogP contribution is 2.18. The molecular formula is C10H15N3OS. The second-order valence-corrected chi connectivity index (χ2v) is 4.91. The molecule has 2 rings (SSSR count). The lowest BCUT2D eigenvalue weighted by molar-refractivity contribution is 0.0530. The zero-order chi connectivity index (χ0) is 10.9. The Morgan fingerprint density at radius 2 is 2.47 bits per heavy atom. The van der Waals surface area contributed by atoms with Crippen molar-refractivity contribution in [2.45, 2.75) is 25.4 Å². The van der Waals surface area contributed by atoms with Crippen molar-refractivity contribution < 1.29 is 5.11 Å². The van der Waals surface area contributed by atoms with Gasteiger partial charge in [0.15, 0.2) is 4.96 Å². The fraction of sp³-hybridized carbons (Fsp3) is 0.500. The largest absolute Gasteiger partial charge is 0.390 e. The average Bonchev–Trinajstić information content (AvgIpc) is 2.61. The molecule has 3 N–H and O–H groups in total. The molecule has 0 radical (unpaired) electrons. The molecular weight excluding hydrogens is 210 g/mol. The van der Waals surface area contributed by atoms with E-state index in [1.54, 1.807) is 18.3 Å². The monoisotopic (exact) mass is 225 g/mol. The third-order valence-electron chi connectivity index (χ3n) is 2.39. The molecule has 2 heterocycles. The Bertz CT molecular complexity index is 418. The molecule has 0 aliphatic carbocycles. The predicted octanol–water partition coefficient (Wildman–Crippen LogP) is 1.04. The van der Waals surface area contributed by atoms with Crippen molar-refractivity contribution in [1.29, 1.82) is 0 Å². The normalized spacial score (nSPS) is 15.7. The number of hydrogen-bond acceptors (Lipinski definition) is 4. The molecule has 0 fully saturated rings. The fourth-order valence-electron chi connectivity index (χ4n) is 1.65. The number of rotatable bonds is 4. The molecule has 0 saturated carbocycles. The zero-order valence-corrected chi connectivity index (χ0v) is 9.50. The lowest BCUT2D eigenvalue weighted by Crippen LogP contribution is -2.30. The van der Waals surface area contributed by atoms with Crippen LogP contribution in [0.25, 0.3) is 4.96 Å². The fourth-order valence-corrected chi connectivity index (χ4v) is 2.37. The van der Waals surface area contributed by atoms with Gasteiger partial charge in [-0.15, -0.1) is 11.3 Å². The van der Waals surface area contributed by atoms with Crippen LogP contribution in [-0.2, 0) is 6.42 Å². The van der Waals surface area contributed by atoms with E-state index in [0.29, 0.717) is 19.4 Å². The quantitative estimate of drug-likeness (QED) is 0.817. The summed E-state index contributed by atoms with van der Waals surface area (Å²) in [4.78, 5) is 5.39. The van der Waals surface area contributed by atoms with Crippen molar-refractivity contribution in [2.24, 2.45) is 5.73 Å². The van der Waals surface area contributed by atoms with Crippen molar-refractivity contribution in [3.05, 3.63) is 23.5 Å². The summed E-state index contributed by atoms with van der Waals surface area (Å²) in [6.07, 6.45) is 5.07. The number of aliphatic hydroxyl groups is 1. The maximum atomic E-state index is 10.0. The van der Waals surface area contributed by atoms with Crippen LogP contribution >= 0.6 is 11.3 Å². The summed E-state index contributed by atoms with van der Waals surface area (Å²) in [5.41, 5.74) is 5.61.